The van der Waals surface area contributed by atoms with E-state index >= 15 is 0 Å². The van der Waals surface area contributed by atoms with Gasteiger partial charge < -0.3 is 9.47 Å². The fourth-order valence-corrected chi connectivity index (χ4v) is 3.32. The SMILES string of the molecule is O=S(=O)(NCC#Cc1ccccc1C(F)(F)F)c1ccc2c(c1)OCCO2. The topological polar surface area (TPSA) is 64.6 Å². The van der Waals surface area contributed by atoms with Crippen LogP contribution in [0.4, 0.5) is 13.2 Å². The zero-order valence-electron chi connectivity index (χ0n) is 13.8. The van der Waals surface area contributed by atoms with Crippen molar-refractivity contribution in [3.63, 3.8) is 0 Å². The van der Waals surface area contributed by atoms with Gasteiger partial charge in [-0.05, 0) is 24.3 Å². The molecular weight excluding hydrogens is 383 g/mol. The minimum Gasteiger partial charge on any atom is -0.486 e. The Hall–Kier alpha value is -2.70. The highest BCUT2D eigenvalue weighted by Gasteiger charge is 2.32. The standard InChI is InChI=1S/C18H14F3NO4S/c19-18(20,21)15-6-2-1-4-13(15)5-3-9-22-27(23,24)14-7-8-16-17(12-14)26-11-10-25-16/h1-2,4,6-8,12,22H,9-11H2. The van der Waals surface area contributed by atoms with Gasteiger partial charge in [0.1, 0.15) is 13.2 Å². The van der Waals surface area contributed by atoms with Crippen molar-refractivity contribution in [1.29, 1.82) is 0 Å². The Kier molecular flexibility index (Phi) is 5.30. The molecule has 0 aliphatic carbocycles. The van der Waals surface area contributed by atoms with Crippen molar-refractivity contribution < 1.29 is 31.1 Å². The van der Waals surface area contributed by atoms with Crippen LogP contribution in [0.3, 0.4) is 0 Å². The fraction of sp³-hybridized carbons (Fsp3) is 0.222. The molecular formula is C18H14F3NO4S. The van der Waals surface area contributed by atoms with Crippen molar-refractivity contribution in [1.82, 2.24) is 4.72 Å². The number of nitrogens with one attached hydrogen (secondary N) is 1. The molecule has 0 saturated heterocycles. The van der Waals surface area contributed by atoms with Crippen LogP contribution in [0.5, 0.6) is 11.5 Å². The summed E-state index contributed by atoms with van der Waals surface area (Å²) in [6.45, 7) is 0.351. The monoisotopic (exact) mass is 397 g/mol. The third kappa shape index (κ3) is 4.53. The first-order valence-corrected chi connectivity index (χ1v) is 9.30. The minimum atomic E-state index is -4.53. The first-order chi connectivity index (χ1) is 12.8. The lowest BCUT2D eigenvalue weighted by Crippen LogP contribution is -2.24. The molecule has 0 spiro atoms. The van der Waals surface area contributed by atoms with Crippen molar-refractivity contribution in [2.24, 2.45) is 0 Å². The summed E-state index contributed by atoms with van der Waals surface area (Å²) in [5.41, 5.74) is -1.09. The zero-order chi connectivity index (χ0) is 19.5. The molecule has 1 aliphatic heterocycles. The lowest BCUT2D eigenvalue weighted by atomic mass is 10.1. The molecule has 27 heavy (non-hydrogen) atoms. The van der Waals surface area contributed by atoms with E-state index < -0.39 is 21.8 Å². The van der Waals surface area contributed by atoms with Gasteiger partial charge in [-0.25, -0.2) is 8.42 Å². The molecule has 2 aromatic rings. The molecule has 142 valence electrons. The molecule has 1 heterocycles. The summed E-state index contributed by atoms with van der Waals surface area (Å²) in [5.74, 6) is 5.52. The summed E-state index contributed by atoms with van der Waals surface area (Å²) in [4.78, 5) is -0.0516. The Morgan fingerprint density at radius 2 is 1.74 bits per heavy atom. The highest BCUT2D eigenvalue weighted by molar-refractivity contribution is 7.89. The van der Waals surface area contributed by atoms with Crippen molar-refractivity contribution in [3.05, 3.63) is 53.6 Å². The minimum absolute atomic E-state index is 0.0516. The van der Waals surface area contributed by atoms with Crippen molar-refractivity contribution >= 4 is 10.0 Å². The molecule has 2 aromatic carbocycles. The maximum Gasteiger partial charge on any atom is 0.417 e. The van der Waals surface area contributed by atoms with Gasteiger partial charge in [0, 0.05) is 11.6 Å². The van der Waals surface area contributed by atoms with Gasteiger partial charge in [0.15, 0.2) is 11.5 Å². The summed E-state index contributed by atoms with van der Waals surface area (Å²) in [7, 11) is -3.90. The Labute approximate surface area is 154 Å². The molecule has 0 saturated carbocycles. The van der Waals surface area contributed by atoms with E-state index in [-0.39, 0.29) is 17.0 Å². The van der Waals surface area contributed by atoms with E-state index in [0.717, 1.165) is 6.07 Å². The summed E-state index contributed by atoms with van der Waals surface area (Å²) in [6, 6.07) is 8.99. The predicted molar refractivity (Wildman–Crippen MR) is 90.9 cm³/mol. The molecule has 0 radical (unpaired) electrons. The van der Waals surface area contributed by atoms with Gasteiger partial charge in [0.05, 0.1) is 17.0 Å². The molecule has 0 unspecified atom stereocenters. The molecule has 0 atom stereocenters. The number of rotatable bonds is 3. The van der Waals surface area contributed by atoms with Crippen LogP contribution in [0.15, 0.2) is 47.4 Å². The third-order valence-corrected chi connectivity index (χ3v) is 5.03. The van der Waals surface area contributed by atoms with Gasteiger partial charge in [0.25, 0.3) is 0 Å². The van der Waals surface area contributed by atoms with E-state index in [1.807, 2.05) is 0 Å². The second-order valence-corrected chi connectivity index (χ2v) is 7.24. The summed E-state index contributed by atoms with van der Waals surface area (Å²) in [5, 5.41) is 0. The lowest BCUT2D eigenvalue weighted by molar-refractivity contribution is -0.137. The van der Waals surface area contributed by atoms with Crippen LogP contribution in [-0.4, -0.2) is 28.2 Å². The first kappa shape index (κ1) is 19.1. The predicted octanol–water partition coefficient (Wildman–Crippen LogP) is 2.81. The van der Waals surface area contributed by atoms with Crippen molar-refractivity contribution in [2.75, 3.05) is 19.8 Å². The first-order valence-electron chi connectivity index (χ1n) is 7.82. The van der Waals surface area contributed by atoms with Crippen LogP contribution in [0.1, 0.15) is 11.1 Å². The number of ether oxygens (including phenoxy) is 2. The van der Waals surface area contributed by atoms with E-state index in [0.29, 0.717) is 24.7 Å². The molecule has 3 rings (SSSR count). The van der Waals surface area contributed by atoms with Crippen molar-refractivity contribution in [3.8, 4) is 23.3 Å². The maximum atomic E-state index is 12.9. The molecule has 0 fully saturated rings. The van der Waals surface area contributed by atoms with E-state index in [1.54, 1.807) is 0 Å². The van der Waals surface area contributed by atoms with Crippen LogP contribution in [0.2, 0.25) is 0 Å². The molecule has 9 heteroatoms. The van der Waals surface area contributed by atoms with E-state index in [1.165, 1.54) is 36.4 Å². The number of halogens is 3. The lowest BCUT2D eigenvalue weighted by Gasteiger charge is -2.18. The number of benzene rings is 2. The van der Waals surface area contributed by atoms with Crippen LogP contribution in [0, 0.1) is 11.8 Å². The number of hydrogen-bond acceptors (Lipinski definition) is 4. The summed E-state index contributed by atoms with van der Waals surface area (Å²) >= 11 is 0. The Morgan fingerprint density at radius 3 is 2.48 bits per heavy atom. The molecule has 0 aromatic heterocycles. The molecule has 1 N–H and O–H groups in total. The van der Waals surface area contributed by atoms with Gasteiger partial charge in [-0.2, -0.15) is 17.9 Å². The highest BCUT2D eigenvalue weighted by Crippen LogP contribution is 2.32. The molecule has 5 nitrogen and oxygen atoms in total. The van der Waals surface area contributed by atoms with Gasteiger partial charge in [-0.3, -0.25) is 0 Å². The number of alkyl halides is 3. The van der Waals surface area contributed by atoms with Crippen LogP contribution < -0.4 is 14.2 Å². The fourth-order valence-electron chi connectivity index (χ4n) is 2.38. The summed E-state index contributed by atoms with van der Waals surface area (Å²) in [6.07, 6.45) is -4.53. The molecule has 0 amide bonds. The highest BCUT2D eigenvalue weighted by atomic mass is 32.2. The van der Waals surface area contributed by atoms with Crippen LogP contribution in [-0.2, 0) is 16.2 Å². The average molecular weight is 397 g/mol. The Balaban J connectivity index is 1.72. The second-order valence-electron chi connectivity index (χ2n) is 5.48. The molecule has 0 bridgehead atoms. The number of sulfonamides is 1. The van der Waals surface area contributed by atoms with Gasteiger partial charge in [-0.1, -0.05) is 24.0 Å². The maximum absolute atomic E-state index is 12.9. The molecule has 1 aliphatic rings. The third-order valence-electron chi connectivity index (χ3n) is 3.63. The van der Waals surface area contributed by atoms with E-state index in [9.17, 15) is 21.6 Å². The number of fused-ring (bicyclic) bond motifs is 1. The van der Waals surface area contributed by atoms with Gasteiger partial charge >= 0.3 is 6.18 Å². The normalized spacial score (nSPS) is 13.6. The number of hydrogen-bond donors (Lipinski definition) is 1. The van der Waals surface area contributed by atoms with Gasteiger partial charge in [0.2, 0.25) is 10.0 Å². The van der Waals surface area contributed by atoms with Crippen molar-refractivity contribution in [2.45, 2.75) is 11.1 Å². The average Bonchev–Trinajstić information content (AvgIpc) is 2.64. The quantitative estimate of drug-likeness (QED) is 0.809. The Morgan fingerprint density at radius 1 is 1.04 bits per heavy atom. The van der Waals surface area contributed by atoms with E-state index in [2.05, 4.69) is 16.6 Å². The Bertz CT molecular complexity index is 1010. The van der Waals surface area contributed by atoms with Crippen LogP contribution in [0.25, 0.3) is 0 Å². The zero-order valence-corrected chi connectivity index (χ0v) is 14.7. The van der Waals surface area contributed by atoms with Gasteiger partial charge in [-0.15, -0.1) is 0 Å². The summed E-state index contributed by atoms with van der Waals surface area (Å²) < 4.78 is 76.2. The van der Waals surface area contributed by atoms with Crippen LogP contribution >= 0.6 is 0 Å². The van der Waals surface area contributed by atoms with E-state index in [4.69, 9.17) is 9.47 Å². The largest absolute Gasteiger partial charge is 0.486 e. The second kappa shape index (κ2) is 7.50. The smallest absolute Gasteiger partial charge is 0.417 e.